The first-order valence-corrected chi connectivity index (χ1v) is 7.32. The molecule has 8 nitrogen and oxygen atoms in total. The van der Waals surface area contributed by atoms with E-state index >= 15 is 0 Å². The Bertz CT molecular complexity index is 862. The van der Waals surface area contributed by atoms with Gasteiger partial charge in [0.05, 0.1) is 4.92 Å². The van der Waals surface area contributed by atoms with Crippen LogP contribution >= 0.6 is 11.6 Å². The lowest BCUT2D eigenvalue weighted by molar-refractivity contribution is -0.383. The molecule has 0 bridgehead atoms. The summed E-state index contributed by atoms with van der Waals surface area (Å²) in [6.07, 6.45) is 0.950. The molecule has 2 N–H and O–H groups in total. The molecule has 0 saturated heterocycles. The number of anilines is 1. The molecule has 2 rings (SSSR count). The van der Waals surface area contributed by atoms with Crippen LogP contribution in [-0.4, -0.2) is 18.3 Å². The molecule has 0 radical (unpaired) electrons. The van der Waals surface area contributed by atoms with E-state index < -0.39 is 26.2 Å². The molecule has 0 aliphatic carbocycles. The summed E-state index contributed by atoms with van der Waals surface area (Å²) < 4.78 is 26.3. The summed E-state index contributed by atoms with van der Waals surface area (Å²) >= 11 is 5.56. The Hall–Kier alpha value is -2.39. The van der Waals surface area contributed by atoms with E-state index in [-0.39, 0.29) is 15.6 Å². The topological polar surface area (TPSA) is 122 Å². The van der Waals surface area contributed by atoms with Gasteiger partial charge in [-0.05, 0) is 12.1 Å². The van der Waals surface area contributed by atoms with Crippen molar-refractivity contribution in [1.29, 1.82) is 0 Å². The number of aromatic amines is 1. The van der Waals surface area contributed by atoms with Crippen LogP contribution < -0.4 is 10.3 Å². The molecule has 2 aromatic rings. The minimum atomic E-state index is -4.12. The Morgan fingerprint density at radius 3 is 2.57 bits per heavy atom. The van der Waals surface area contributed by atoms with Crippen molar-refractivity contribution in [3.63, 3.8) is 0 Å². The summed E-state index contributed by atoms with van der Waals surface area (Å²) in [4.78, 5) is 23.1. The number of para-hydroxylation sites is 2. The first-order valence-electron chi connectivity index (χ1n) is 5.46. The molecule has 0 spiro atoms. The number of hydrogen-bond acceptors (Lipinski definition) is 5. The van der Waals surface area contributed by atoms with E-state index in [1.165, 1.54) is 18.2 Å². The second kappa shape index (κ2) is 5.54. The largest absolute Gasteiger partial charge is 0.326 e. The Morgan fingerprint density at radius 2 is 1.95 bits per heavy atom. The van der Waals surface area contributed by atoms with Crippen LogP contribution in [0.15, 0.2) is 46.2 Å². The molecular formula is C11H8ClN3O5S. The lowest BCUT2D eigenvalue weighted by Gasteiger charge is -2.08. The molecule has 1 aromatic carbocycles. The third kappa shape index (κ3) is 3.20. The summed E-state index contributed by atoms with van der Waals surface area (Å²) in [5.74, 6) is 0. The SMILES string of the molecule is O=c1[nH]cc(S(=O)(=O)Nc2ccccc2[N+](=O)[O-])cc1Cl. The fourth-order valence-electron chi connectivity index (χ4n) is 1.52. The maximum Gasteiger partial charge on any atom is 0.293 e. The monoisotopic (exact) mass is 329 g/mol. The number of benzene rings is 1. The molecule has 0 amide bonds. The number of aromatic nitrogens is 1. The van der Waals surface area contributed by atoms with Crippen LogP contribution in [0.5, 0.6) is 0 Å². The van der Waals surface area contributed by atoms with Gasteiger partial charge in [0.1, 0.15) is 15.6 Å². The molecule has 110 valence electrons. The molecule has 10 heteroatoms. The highest BCUT2D eigenvalue weighted by Gasteiger charge is 2.21. The molecule has 1 heterocycles. The normalized spacial score (nSPS) is 11.1. The van der Waals surface area contributed by atoms with Crippen molar-refractivity contribution in [2.24, 2.45) is 0 Å². The van der Waals surface area contributed by atoms with Gasteiger partial charge in [0.25, 0.3) is 21.3 Å². The fourth-order valence-corrected chi connectivity index (χ4v) is 2.82. The third-order valence-electron chi connectivity index (χ3n) is 2.49. The van der Waals surface area contributed by atoms with Crippen molar-refractivity contribution in [1.82, 2.24) is 4.98 Å². The van der Waals surface area contributed by atoms with E-state index in [4.69, 9.17) is 11.6 Å². The first-order chi connectivity index (χ1) is 9.81. The molecule has 0 aliphatic heterocycles. The van der Waals surface area contributed by atoms with Crippen molar-refractivity contribution in [2.75, 3.05) is 4.72 Å². The van der Waals surface area contributed by atoms with Crippen LogP contribution in [0.4, 0.5) is 11.4 Å². The van der Waals surface area contributed by atoms with Crippen molar-refractivity contribution >= 4 is 33.0 Å². The second-order valence-electron chi connectivity index (χ2n) is 3.89. The first kappa shape index (κ1) is 15.0. The maximum atomic E-state index is 12.1. The molecule has 21 heavy (non-hydrogen) atoms. The summed E-state index contributed by atoms with van der Waals surface area (Å²) in [6.45, 7) is 0. The smallest absolute Gasteiger partial charge is 0.293 e. The summed E-state index contributed by atoms with van der Waals surface area (Å²) in [5, 5.41) is 10.5. The van der Waals surface area contributed by atoms with Crippen molar-refractivity contribution in [3.05, 3.63) is 62.0 Å². The van der Waals surface area contributed by atoms with Gasteiger partial charge < -0.3 is 4.98 Å². The van der Waals surface area contributed by atoms with Gasteiger partial charge in [-0.15, -0.1) is 0 Å². The lowest BCUT2D eigenvalue weighted by Crippen LogP contribution is -2.16. The van der Waals surface area contributed by atoms with Crippen molar-refractivity contribution < 1.29 is 13.3 Å². The van der Waals surface area contributed by atoms with Crippen molar-refractivity contribution in [2.45, 2.75) is 4.90 Å². The fraction of sp³-hybridized carbons (Fsp3) is 0. The van der Waals surface area contributed by atoms with Crippen molar-refractivity contribution in [3.8, 4) is 0 Å². The number of sulfonamides is 1. The average Bonchev–Trinajstić information content (AvgIpc) is 2.41. The number of pyridine rings is 1. The van der Waals surface area contributed by atoms with E-state index in [1.54, 1.807) is 0 Å². The number of halogens is 1. The van der Waals surface area contributed by atoms with Gasteiger partial charge >= 0.3 is 0 Å². The van der Waals surface area contributed by atoms with Crippen LogP contribution in [0.2, 0.25) is 5.02 Å². The predicted octanol–water partition coefficient (Wildman–Crippen LogP) is 1.74. The van der Waals surface area contributed by atoms with Gasteiger partial charge in [0.2, 0.25) is 0 Å². The van der Waals surface area contributed by atoms with Gasteiger partial charge in [-0.3, -0.25) is 19.6 Å². The van der Waals surface area contributed by atoms with E-state index in [2.05, 4.69) is 9.71 Å². The summed E-state index contributed by atoms with van der Waals surface area (Å²) in [7, 11) is -4.12. The molecule has 0 aliphatic rings. The number of nitro groups is 1. The third-order valence-corrected chi connectivity index (χ3v) is 4.11. The van der Waals surface area contributed by atoms with Gasteiger partial charge in [-0.1, -0.05) is 23.7 Å². The second-order valence-corrected chi connectivity index (χ2v) is 5.98. The Labute approximate surface area is 123 Å². The maximum absolute atomic E-state index is 12.1. The van der Waals surface area contributed by atoms with E-state index in [1.807, 2.05) is 0 Å². The number of hydrogen-bond donors (Lipinski definition) is 2. The highest BCUT2D eigenvalue weighted by Crippen LogP contribution is 2.26. The molecular weight excluding hydrogens is 322 g/mol. The zero-order chi connectivity index (χ0) is 15.6. The standard InChI is InChI=1S/C11H8ClN3O5S/c12-8-5-7(6-13-11(8)16)21(19,20)14-9-3-1-2-4-10(9)15(17)18/h1-6,14H,(H,13,16). The molecule has 0 fully saturated rings. The quantitative estimate of drug-likeness (QED) is 0.653. The number of H-pyrrole nitrogens is 1. The van der Waals surface area contributed by atoms with Crippen LogP contribution in [0.25, 0.3) is 0 Å². The van der Waals surface area contributed by atoms with Crippen LogP contribution in [-0.2, 0) is 10.0 Å². The van der Waals surface area contributed by atoms with Gasteiger partial charge in [0, 0.05) is 12.3 Å². The van der Waals surface area contributed by atoms with Crippen LogP contribution in [0.1, 0.15) is 0 Å². The van der Waals surface area contributed by atoms with Gasteiger partial charge in [0.15, 0.2) is 0 Å². The minimum absolute atomic E-state index is 0.190. The zero-order valence-corrected chi connectivity index (χ0v) is 11.8. The van der Waals surface area contributed by atoms with Gasteiger partial charge in [-0.2, -0.15) is 0 Å². The molecule has 1 aromatic heterocycles. The number of nitrogens with one attached hydrogen (secondary N) is 2. The Balaban J connectivity index is 2.45. The van der Waals surface area contributed by atoms with E-state index in [9.17, 15) is 23.3 Å². The van der Waals surface area contributed by atoms with Crippen LogP contribution in [0.3, 0.4) is 0 Å². The van der Waals surface area contributed by atoms with E-state index in [0.717, 1.165) is 18.3 Å². The number of rotatable bonds is 4. The van der Waals surface area contributed by atoms with Crippen LogP contribution in [0, 0.1) is 10.1 Å². The molecule has 0 atom stereocenters. The summed E-state index contributed by atoms with van der Waals surface area (Å²) in [5.41, 5.74) is -1.22. The molecule has 0 saturated carbocycles. The minimum Gasteiger partial charge on any atom is -0.326 e. The van der Waals surface area contributed by atoms with Gasteiger partial charge in [-0.25, -0.2) is 8.42 Å². The number of nitro benzene ring substituents is 1. The highest BCUT2D eigenvalue weighted by atomic mass is 35.5. The predicted molar refractivity (Wildman–Crippen MR) is 76.0 cm³/mol. The summed E-state index contributed by atoms with van der Waals surface area (Å²) in [6, 6.07) is 6.23. The Morgan fingerprint density at radius 1 is 1.29 bits per heavy atom. The highest BCUT2D eigenvalue weighted by molar-refractivity contribution is 7.92. The zero-order valence-electron chi connectivity index (χ0n) is 10.2. The Kier molecular flexibility index (Phi) is 3.96. The van der Waals surface area contributed by atoms with E-state index in [0.29, 0.717) is 0 Å². The molecule has 0 unspecified atom stereocenters. The number of nitrogens with zero attached hydrogens (tertiary/aromatic N) is 1. The average molecular weight is 330 g/mol. The lowest BCUT2D eigenvalue weighted by atomic mass is 10.3.